The van der Waals surface area contributed by atoms with Crippen molar-refractivity contribution < 1.29 is 4.79 Å². The van der Waals surface area contributed by atoms with Crippen molar-refractivity contribution in [1.82, 2.24) is 10.3 Å². The monoisotopic (exact) mass is 247 g/mol. The molecule has 1 aromatic rings. The van der Waals surface area contributed by atoms with Crippen LogP contribution in [-0.4, -0.2) is 16.9 Å². The van der Waals surface area contributed by atoms with E-state index in [0.717, 1.165) is 30.5 Å². The molecule has 1 aromatic heterocycles. The van der Waals surface area contributed by atoms with Crippen molar-refractivity contribution >= 4 is 5.91 Å². The van der Waals surface area contributed by atoms with Gasteiger partial charge < -0.3 is 11.1 Å². The molecule has 3 N–H and O–H groups in total. The van der Waals surface area contributed by atoms with E-state index >= 15 is 0 Å². The van der Waals surface area contributed by atoms with Gasteiger partial charge in [-0.3, -0.25) is 9.78 Å². The Bertz CT molecular complexity index is 446. The average molecular weight is 247 g/mol. The summed E-state index contributed by atoms with van der Waals surface area (Å²) in [5.74, 6) is 0.0533. The van der Waals surface area contributed by atoms with Crippen LogP contribution in [0.3, 0.4) is 0 Å². The van der Waals surface area contributed by atoms with Gasteiger partial charge in [0.05, 0.1) is 17.7 Å². The topological polar surface area (TPSA) is 68.0 Å². The van der Waals surface area contributed by atoms with Gasteiger partial charge in [0.25, 0.3) is 0 Å². The number of hydrogen-bond acceptors (Lipinski definition) is 3. The van der Waals surface area contributed by atoms with Crippen LogP contribution < -0.4 is 11.1 Å². The fraction of sp³-hybridized carbons (Fsp3) is 0.571. The van der Waals surface area contributed by atoms with E-state index in [1.807, 2.05) is 26.0 Å². The van der Waals surface area contributed by atoms with Crippen molar-refractivity contribution in [2.24, 2.45) is 11.1 Å². The van der Waals surface area contributed by atoms with Gasteiger partial charge in [0, 0.05) is 12.2 Å². The minimum atomic E-state index is -0.414. The number of nitrogens with zero attached hydrogens (tertiary/aromatic N) is 1. The molecule has 1 heterocycles. The highest BCUT2D eigenvalue weighted by Crippen LogP contribution is 2.36. The first-order valence-corrected chi connectivity index (χ1v) is 6.48. The predicted molar refractivity (Wildman–Crippen MR) is 70.8 cm³/mol. The standard InChI is InChI=1S/C14H21N3O/c1-10-5-4-8-16-11(10)9-17-13(18)14(2)7-3-6-12(14)15/h4-5,8,12H,3,6-7,9,15H2,1-2H3,(H,17,18). The maximum absolute atomic E-state index is 12.2. The molecule has 18 heavy (non-hydrogen) atoms. The number of pyridine rings is 1. The minimum Gasteiger partial charge on any atom is -0.350 e. The molecule has 2 atom stereocenters. The largest absolute Gasteiger partial charge is 0.350 e. The van der Waals surface area contributed by atoms with Crippen LogP contribution in [0.15, 0.2) is 18.3 Å². The normalized spacial score (nSPS) is 27.2. The second-order valence-electron chi connectivity index (χ2n) is 5.37. The summed E-state index contributed by atoms with van der Waals surface area (Å²) >= 11 is 0. The number of nitrogens with one attached hydrogen (secondary N) is 1. The van der Waals surface area contributed by atoms with E-state index in [2.05, 4.69) is 10.3 Å². The van der Waals surface area contributed by atoms with Gasteiger partial charge in [-0.25, -0.2) is 0 Å². The van der Waals surface area contributed by atoms with Gasteiger partial charge in [0.15, 0.2) is 0 Å². The van der Waals surface area contributed by atoms with E-state index < -0.39 is 5.41 Å². The number of nitrogens with two attached hydrogens (primary N) is 1. The van der Waals surface area contributed by atoms with Crippen LogP contribution in [-0.2, 0) is 11.3 Å². The molecular weight excluding hydrogens is 226 g/mol. The highest BCUT2D eigenvalue weighted by molar-refractivity contribution is 5.83. The van der Waals surface area contributed by atoms with Crippen molar-refractivity contribution in [2.75, 3.05) is 0 Å². The third-order valence-corrected chi connectivity index (χ3v) is 4.08. The van der Waals surface area contributed by atoms with Gasteiger partial charge in [-0.2, -0.15) is 0 Å². The van der Waals surface area contributed by atoms with Crippen molar-refractivity contribution in [3.05, 3.63) is 29.6 Å². The molecule has 1 amide bonds. The predicted octanol–water partition coefficient (Wildman–Crippen LogP) is 1.52. The summed E-state index contributed by atoms with van der Waals surface area (Å²) in [6.45, 7) is 4.44. The summed E-state index contributed by atoms with van der Waals surface area (Å²) in [7, 11) is 0. The van der Waals surface area contributed by atoms with Crippen LogP contribution in [0.4, 0.5) is 0 Å². The molecule has 1 saturated carbocycles. The molecule has 0 aromatic carbocycles. The SMILES string of the molecule is Cc1cccnc1CNC(=O)C1(C)CCCC1N. The van der Waals surface area contributed by atoms with Crippen LogP contribution in [0, 0.1) is 12.3 Å². The summed E-state index contributed by atoms with van der Waals surface area (Å²) in [5, 5.41) is 2.97. The molecule has 0 spiro atoms. The number of aromatic nitrogens is 1. The summed E-state index contributed by atoms with van der Waals surface area (Å²) in [5.41, 5.74) is 7.64. The summed E-state index contributed by atoms with van der Waals surface area (Å²) < 4.78 is 0. The van der Waals surface area contributed by atoms with Crippen molar-refractivity contribution in [3.8, 4) is 0 Å². The quantitative estimate of drug-likeness (QED) is 0.851. The van der Waals surface area contributed by atoms with E-state index in [1.54, 1.807) is 6.20 Å². The summed E-state index contributed by atoms with van der Waals surface area (Å²) in [4.78, 5) is 16.5. The first-order valence-electron chi connectivity index (χ1n) is 6.48. The Morgan fingerprint density at radius 2 is 2.44 bits per heavy atom. The molecule has 1 aliphatic carbocycles. The Balaban J connectivity index is 1.99. The fourth-order valence-corrected chi connectivity index (χ4v) is 2.54. The smallest absolute Gasteiger partial charge is 0.227 e. The molecule has 1 aliphatic rings. The number of carbonyl (C=O) groups is 1. The highest BCUT2D eigenvalue weighted by atomic mass is 16.2. The first-order chi connectivity index (χ1) is 8.54. The van der Waals surface area contributed by atoms with Crippen LogP contribution in [0.2, 0.25) is 0 Å². The first kappa shape index (κ1) is 13.0. The maximum Gasteiger partial charge on any atom is 0.227 e. The Hall–Kier alpha value is -1.42. The van der Waals surface area contributed by atoms with Crippen LogP contribution in [0.5, 0.6) is 0 Å². The fourth-order valence-electron chi connectivity index (χ4n) is 2.54. The lowest BCUT2D eigenvalue weighted by Gasteiger charge is -2.27. The van der Waals surface area contributed by atoms with Gasteiger partial charge in [0.2, 0.25) is 5.91 Å². The average Bonchev–Trinajstić information content (AvgIpc) is 2.69. The van der Waals surface area contributed by atoms with Gasteiger partial charge in [0.1, 0.15) is 0 Å². The van der Waals surface area contributed by atoms with Crippen molar-refractivity contribution in [2.45, 2.75) is 45.7 Å². The molecule has 2 rings (SSSR count). The van der Waals surface area contributed by atoms with E-state index in [4.69, 9.17) is 5.73 Å². The zero-order valence-electron chi connectivity index (χ0n) is 11.1. The van der Waals surface area contributed by atoms with Crippen LogP contribution in [0.25, 0.3) is 0 Å². The molecule has 1 fully saturated rings. The van der Waals surface area contributed by atoms with Crippen LogP contribution >= 0.6 is 0 Å². The van der Waals surface area contributed by atoms with E-state index in [0.29, 0.717) is 6.54 Å². The zero-order valence-corrected chi connectivity index (χ0v) is 11.1. The van der Waals surface area contributed by atoms with Crippen molar-refractivity contribution in [1.29, 1.82) is 0 Å². The van der Waals surface area contributed by atoms with E-state index in [1.165, 1.54) is 0 Å². The Labute approximate surface area is 108 Å². The number of carbonyl (C=O) groups excluding carboxylic acids is 1. The molecule has 4 heteroatoms. The lowest BCUT2D eigenvalue weighted by atomic mass is 9.84. The Morgan fingerprint density at radius 3 is 3.06 bits per heavy atom. The summed E-state index contributed by atoms with van der Waals surface area (Å²) in [6.07, 6.45) is 4.60. The molecule has 2 unspecified atom stereocenters. The van der Waals surface area contributed by atoms with E-state index in [-0.39, 0.29) is 11.9 Å². The van der Waals surface area contributed by atoms with Crippen molar-refractivity contribution in [3.63, 3.8) is 0 Å². The van der Waals surface area contributed by atoms with Gasteiger partial charge in [-0.05, 0) is 38.3 Å². The summed E-state index contributed by atoms with van der Waals surface area (Å²) in [6, 6.07) is 3.87. The zero-order chi connectivity index (χ0) is 13.2. The van der Waals surface area contributed by atoms with Gasteiger partial charge in [-0.1, -0.05) is 12.5 Å². The third-order valence-electron chi connectivity index (χ3n) is 4.08. The number of hydrogen-bond donors (Lipinski definition) is 2. The van der Waals surface area contributed by atoms with E-state index in [9.17, 15) is 4.79 Å². The minimum absolute atomic E-state index is 0.0256. The lowest BCUT2D eigenvalue weighted by Crippen LogP contribution is -2.47. The third kappa shape index (κ3) is 2.38. The number of amides is 1. The number of rotatable bonds is 3. The van der Waals surface area contributed by atoms with Gasteiger partial charge >= 0.3 is 0 Å². The molecule has 0 saturated heterocycles. The molecular formula is C14H21N3O. The molecule has 4 nitrogen and oxygen atoms in total. The second-order valence-corrected chi connectivity index (χ2v) is 5.37. The lowest BCUT2D eigenvalue weighted by molar-refractivity contribution is -0.130. The molecule has 0 bridgehead atoms. The Morgan fingerprint density at radius 1 is 1.67 bits per heavy atom. The number of aryl methyl sites for hydroxylation is 1. The highest BCUT2D eigenvalue weighted by Gasteiger charge is 2.42. The molecule has 0 radical (unpaired) electrons. The maximum atomic E-state index is 12.2. The second kappa shape index (κ2) is 5.06. The molecule has 98 valence electrons. The van der Waals surface area contributed by atoms with Crippen LogP contribution in [0.1, 0.15) is 37.4 Å². The molecule has 0 aliphatic heterocycles. The van der Waals surface area contributed by atoms with Gasteiger partial charge in [-0.15, -0.1) is 0 Å². The Kier molecular flexibility index (Phi) is 3.66.